The van der Waals surface area contributed by atoms with E-state index in [1.54, 1.807) is 12.1 Å². The Morgan fingerprint density at radius 3 is 2.37 bits per heavy atom. The van der Waals surface area contributed by atoms with Crippen molar-refractivity contribution >= 4 is 57.2 Å². The number of phenols is 1. The number of aromatic hydroxyl groups is 1. The van der Waals surface area contributed by atoms with Gasteiger partial charge in [-0.15, -0.1) is 0 Å². The van der Waals surface area contributed by atoms with E-state index >= 15 is 0 Å². The third kappa shape index (κ3) is 4.84. The maximum absolute atomic E-state index is 12.6. The molecule has 0 radical (unpaired) electrons. The zero-order chi connectivity index (χ0) is 14.6. The lowest BCUT2D eigenvalue weighted by atomic mass is 10.2. The largest absolute Gasteiger partial charge is 0.506 e. The highest BCUT2D eigenvalue weighted by Gasteiger charge is 2.40. The average Bonchev–Trinajstić information content (AvgIpc) is 2.31. The number of carboxylic acid groups (broad SMARTS) is 1. The second-order valence-electron chi connectivity index (χ2n) is 3.37. The highest BCUT2D eigenvalue weighted by atomic mass is 127. The molecule has 0 amide bonds. The minimum atomic E-state index is -4.19. The molecule has 0 saturated carbocycles. The van der Waals surface area contributed by atoms with Crippen molar-refractivity contribution in [3.05, 3.63) is 30.9 Å². The van der Waals surface area contributed by atoms with Gasteiger partial charge in [0.1, 0.15) is 5.75 Å². The van der Waals surface area contributed by atoms with Gasteiger partial charge in [0.2, 0.25) is 0 Å². The van der Waals surface area contributed by atoms with Crippen molar-refractivity contribution in [2.75, 3.05) is 6.61 Å². The summed E-state index contributed by atoms with van der Waals surface area (Å²) in [4.78, 5) is 10.1. The van der Waals surface area contributed by atoms with E-state index in [1.807, 2.05) is 45.2 Å². The van der Waals surface area contributed by atoms with E-state index in [4.69, 9.17) is 5.11 Å². The van der Waals surface area contributed by atoms with Crippen LogP contribution in [-0.4, -0.2) is 28.9 Å². The Hall–Kier alpha value is -0.490. The van der Waals surface area contributed by atoms with Crippen molar-refractivity contribution in [1.29, 1.82) is 0 Å². The Labute approximate surface area is 134 Å². The smallest absolute Gasteiger partial charge is 0.456 e. The first-order chi connectivity index (χ1) is 8.74. The summed E-state index contributed by atoms with van der Waals surface area (Å²) < 4.78 is 30.3. The van der Waals surface area contributed by atoms with Gasteiger partial charge in [-0.05, 0) is 62.9 Å². The Balaban J connectivity index is 2.66. The molecule has 0 atom stereocenters. The predicted octanol–water partition coefficient (Wildman–Crippen LogP) is 3.31. The third-order valence-corrected chi connectivity index (χ3v) is 3.60. The number of aliphatic carboxylic acids is 1. The summed E-state index contributed by atoms with van der Waals surface area (Å²) in [6.45, 7) is -0.534. The standard InChI is InChI=1S/C11H8F2I2O4/c12-11(13,10(17)18)19-3-1-2-6-4-7(14)9(16)8(15)5-6/h1-2,4-5,16H,3H2,(H,17,18)/b2-1+. The molecule has 0 fully saturated rings. The molecule has 8 heteroatoms. The number of carbonyl (C=O) groups is 1. The zero-order valence-electron chi connectivity index (χ0n) is 9.24. The van der Waals surface area contributed by atoms with E-state index in [1.165, 1.54) is 12.2 Å². The quantitative estimate of drug-likeness (QED) is 0.615. The van der Waals surface area contributed by atoms with Crippen LogP contribution in [0.25, 0.3) is 6.08 Å². The highest BCUT2D eigenvalue weighted by Crippen LogP contribution is 2.27. The lowest BCUT2D eigenvalue weighted by molar-refractivity contribution is -0.241. The van der Waals surface area contributed by atoms with Gasteiger partial charge >= 0.3 is 12.1 Å². The summed E-state index contributed by atoms with van der Waals surface area (Å²) in [7, 11) is 0. The van der Waals surface area contributed by atoms with Crippen LogP contribution in [0.15, 0.2) is 18.2 Å². The van der Waals surface area contributed by atoms with E-state index < -0.39 is 18.7 Å². The van der Waals surface area contributed by atoms with Crippen molar-refractivity contribution in [1.82, 2.24) is 0 Å². The van der Waals surface area contributed by atoms with Gasteiger partial charge in [0.05, 0.1) is 13.7 Å². The number of rotatable bonds is 5. The number of hydrogen-bond donors (Lipinski definition) is 2. The first-order valence-electron chi connectivity index (χ1n) is 4.84. The number of carboxylic acids is 1. The molecule has 2 N–H and O–H groups in total. The van der Waals surface area contributed by atoms with Gasteiger partial charge in [-0.25, -0.2) is 4.79 Å². The lowest BCUT2D eigenvalue weighted by Crippen LogP contribution is -2.31. The fourth-order valence-electron chi connectivity index (χ4n) is 1.08. The van der Waals surface area contributed by atoms with Crippen LogP contribution in [0.3, 0.4) is 0 Å². The highest BCUT2D eigenvalue weighted by molar-refractivity contribution is 14.1. The Kier molecular flexibility index (Phi) is 5.92. The van der Waals surface area contributed by atoms with Crippen LogP contribution in [0.2, 0.25) is 0 Å². The van der Waals surface area contributed by atoms with Gasteiger partial charge in [-0.1, -0.05) is 12.2 Å². The molecule has 104 valence electrons. The molecular formula is C11H8F2I2O4. The van der Waals surface area contributed by atoms with E-state index in [-0.39, 0.29) is 5.75 Å². The first-order valence-corrected chi connectivity index (χ1v) is 6.99. The summed E-state index contributed by atoms with van der Waals surface area (Å²) in [5, 5.41) is 17.7. The normalized spacial score (nSPS) is 12.0. The molecule has 1 aromatic rings. The van der Waals surface area contributed by atoms with Crippen LogP contribution >= 0.6 is 45.2 Å². The third-order valence-electron chi connectivity index (χ3n) is 1.96. The van der Waals surface area contributed by atoms with Crippen LogP contribution in [0, 0.1) is 7.14 Å². The fraction of sp³-hybridized carbons (Fsp3) is 0.182. The van der Waals surface area contributed by atoms with Gasteiger partial charge < -0.3 is 14.9 Å². The van der Waals surface area contributed by atoms with E-state index in [0.717, 1.165) is 0 Å². The number of benzene rings is 1. The summed E-state index contributed by atoms with van der Waals surface area (Å²) in [5.74, 6) is -2.17. The molecule has 1 aromatic carbocycles. The zero-order valence-corrected chi connectivity index (χ0v) is 13.6. The summed E-state index contributed by atoms with van der Waals surface area (Å²) in [6.07, 6.45) is -1.42. The topological polar surface area (TPSA) is 66.8 Å². The van der Waals surface area contributed by atoms with Gasteiger partial charge in [0.15, 0.2) is 0 Å². The van der Waals surface area contributed by atoms with E-state index in [0.29, 0.717) is 12.7 Å². The van der Waals surface area contributed by atoms with Crippen molar-refractivity contribution in [2.24, 2.45) is 0 Å². The maximum atomic E-state index is 12.6. The van der Waals surface area contributed by atoms with Crippen molar-refractivity contribution in [3.8, 4) is 5.75 Å². The number of phenolic OH excluding ortho intramolecular Hbond substituents is 1. The number of halogens is 4. The molecular weight excluding hydrogens is 488 g/mol. The molecule has 0 heterocycles. The monoisotopic (exact) mass is 496 g/mol. The van der Waals surface area contributed by atoms with Crippen LogP contribution < -0.4 is 0 Å². The molecule has 0 aliphatic carbocycles. The van der Waals surface area contributed by atoms with Crippen molar-refractivity contribution < 1.29 is 28.5 Å². The van der Waals surface area contributed by atoms with Gasteiger partial charge in [0, 0.05) is 0 Å². The fourth-order valence-corrected chi connectivity index (χ4v) is 2.90. The molecule has 0 aromatic heterocycles. The first kappa shape index (κ1) is 16.6. The Morgan fingerprint density at radius 2 is 1.89 bits per heavy atom. The van der Waals surface area contributed by atoms with Gasteiger partial charge in [-0.2, -0.15) is 8.78 Å². The minimum absolute atomic E-state index is 0.159. The molecule has 0 aliphatic heterocycles. The second-order valence-corrected chi connectivity index (χ2v) is 5.69. The van der Waals surface area contributed by atoms with Crippen LogP contribution in [0.4, 0.5) is 8.78 Å². The van der Waals surface area contributed by atoms with Crippen molar-refractivity contribution in [2.45, 2.75) is 6.11 Å². The summed E-state index contributed by atoms with van der Waals surface area (Å²) in [5.41, 5.74) is 0.689. The molecule has 0 spiro atoms. The lowest BCUT2D eigenvalue weighted by Gasteiger charge is -2.09. The van der Waals surface area contributed by atoms with E-state index in [2.05, 4.69) is 4.74 Å². The molecule has 0 aliphatic rings. The van der Waals surface area contributed by atoms with Crippen LogP contribution in [-0.2, 0) is 9.53 Å². The SMILES string of the molecule is O=C(O)C(F)(F)OC/C=C/c1cc(I)c(O)c(I)c1. The maximum Gasteiger partial charge on any atom is 0.456 e. The average molecular weight is 496 g/mol. The van der Waals surface area contributed by atoms with Gasteiger partial charge in [0.25, 0.3) is 0 Å². The summed E-state index contributed by atoms with van der Waals surface area (Å²) in [6, 6.07) is 3.31. The number of hydrogen-bond acceptors (Lipinski definition) is 3. The minimum Gasteiger partial charge on any atom is -0.506 e. The molecule has 19 heavy (non-hydrogen) atoms. The Bertz CT molecular complexity index is 494. The molecule has 0 unspecified atom stereocenters. The van der Waals surface area contributed by atoms with Gasteiger partial charge in [-0.3, -0.25) is 0 Å². The van der Waals surface area contributed by atoms with E-state index in [9.17, 15) is 18.7 Å². The molecule has 4 nitrogen and oxygen atoms in total. The predicted molar refractivity (Wildman–Crippen MR) is 81.1 cm³/mol. The molecule has 1 rings (SSSR count). The Morgan fingerprint density at radius 1 is 1.37 bits per heavy atom. The van der Waals surface area contributed by atoms with Crippen LogP contribution in [0.5, 0.6) is 5.75 Å². The number of alkyl halides is 2. The second kappa shape index (κ2) is 6.79. The van der Waals surface area contributed by atoms with Crippen LogP contribution in [0.1, 0.15) is 5.56 Å². The summed E-state index contributed by atoms with van der Waals surface area (Å²) >= 11 is 3.88. The van der Waals surface area contributed by atoms with Crippen molar-refractivity contribution in [3.63, 3.8) is 0 Å². The molecule has 0 saturated heterocycles. The number of ether oxygens (including phenoxy) is 1. The molecule has 0 bridgehead atoms.